The van der Waals surface area contributed by atoms with E-state index in [1.54, 1.807) is 0 Å². The van der Waals surface area contributed by atoms with Crippen LogP contribution < -0.4 is 10.2 Å². The van der Waals surface area contributed by atoms with Gasteiger partial charge in [-0.25, -0.2) is 4.39 Å². The summed E-state index contributed by atoms with van der Waals surface area (Å²) in [5.74, 6) is -1.17. The molecule has 132 valence electrons. The first kappa shape index (κ1) is 16.4. The lowest BCUT2D eigenvalue weighted by Crippen LogP contribution is -2.28. The number of benzene rings is 1. The Kier molecular flexibility index (Phi) is 4.21. The van der Waals surface area contributed by atoms with Crippen molar-refractivity contribution in [3.05, 3.63) is 47.6 Å². The van der Waals surface area contributed by atoms with Crippen LogP contribution >= 0.6 is 11.3 Å². The van der Waals surface area contributed by atoms with Crippen molar-refractivity contribution in [2.24, 2.45) is 5.92 Å². The summed E-state index contributed by atoms with van der Waals surface area (Å²) in [6, 6.07) is 9.26. The van der Waals surface area contributed by atoms with Crippen molar-refractivity contribution < 1.29 is 18.4 Å². The minimum absolute atomic E-state index is 0.00826. The lowest BCUT2D eigenvalue weighted by molar-refractivity contribution is -0.122. The van der Waals surface area contributed by atoms with Crippen LogP contribution in [-0.2, 0) is 9.59 Å². The summed E-state index contributed by atoms with van der Waals surface area (Å²) in [5, 5.41) is 12.1. The highest BCUT2D eigenvalue weighted by Gasteiger charge is 2.35. The fourth-order valence-corrected chi connectivity index (χ4v) is 3.38. The molecule has 0 radical (unpaired) electrons. The second-order valence-electron chi connectivity index (χ2n) is 5.76. The molecule has 0 unspecified atom stereocenters. The number of anilines is 2. The molecular weight excluding hydrogens is 359 g/mol. The number of hydrogen-bond donors (Lipinski definition) is 1. The third-order valence-corrected chi connectivity index (χ3v) is 4.88. The van der Waals surface area contributed by atoms with E-state index in [9.17, 15) is 14.0 Å². The summed E-state index contributed by atoms with van der Waals surface area (Å²) in [6.07, 6.45) is 0.0646. The molecule has 9 heteroatoms. The van der Waals surface area contributed by atoms with Gasteiger partial charge in [-0.3, -0.25) is 14.9 Å². The van der Waals surface area contributed by atoms with Crippen molar-refractivity contribution in [1.82, 2.24) is 10.2 Å². The lowest BCUT2D eigenvalue weighted by atomic mass is 10.1. The van der Waals surface area contributed by atoms with Gasteiger partial charge in [0.2, 0.25) is 11.8 Å². The highest BCUT2D eigenvalue weighted by Crippen LogP contribution is 2.27. The SMILES string of the molecule is O=C(Nc1nnc(-c2cccs2)o1)[C@H]1CC(=O)N(c2ccc(F)cc2)C1. The number of carbonyl (C=O) groups excluding carboxylic acids is 2. The van der Waals surface area contributed by atoms with Crippen LogP contribution in [0.1, 0.15) is 6.42 Å². The molecule has 1 aliphatic rings. The van der Waals surface area contributed by atoms with Gasteiger partial charge >= 0.3 is 6.01 Å². The maximum absolute atomic E-state index is 13.0. The maximum atomic E-state index is 13.0. The van der Waals surface area contributed by atoms with Gasteiger partial charge in [0, 0.05) is 18.7 Å². The molecule has 7 nitrogen and oxygen atoms in total. The molecule has 26 heavy (non-hydrogen) atoms. The molecule has 1 aromatic carbocycles. The maximum Gasteiger partial charge on any atom is 0.322 e. The number of amides is 2. The Balaban J connectivity index is 1.43. The molecule has 3 aromatic rings. The number of rotatable bonds is 4. The molecule has 1 N–H and O–H groups in total. The van der Waals surface area contributed by atoms with E-state index in [1.165, 1.54) is 40.5 Å². The predicted molar refractivity (Wildman–Crippen MR) is 93.1 cm³/mol. The summed E-state index contributed by atoms with van der Waals surface area (Å²) < 4.78 is 18.5. The Hall–Kier alpha value is -3.07. The minimum Gasteiger partial charge on any atom is -0.402 e. The molecule has 3 heterocycles. The Morgan fingerprint density at radius 3 is 2.81 bits per heavy atom. The average Bonchev–Trinajstić information content (AvgIpc) is 3.36. The highest BCUT2D eigenvalue weighted by atomic mass is 32.1. The summed E-state index contributed by atoms with van der Waals surface area (Å²) in [6.45, 7) is 0.211. The lowest BCUT2D eigenvalue weighted by Gasteiger charge is -2.16. The molecule has 0 aliphatic carbocycles. The van der Waals surface area contributed by atoms with Crippen LogP contribution in [0.5, 0.6) is 0 Å². The van der Waals surface area contributed by atoms with Gasteiger partial charge in [-0.15, -0.1) is 16.4 Å². The van der Waals surface area contributed by atoms with E-state index in [-0.39, 0.29) is 36.6 Å². The van der Waals surface area contributed by atoms with Crippen molar-refractivity contribution in [2.75, 3.05) is 16.8 Å². The van der Waals surface area contributed by atoms with Gasteiger partial charge in [-0.2, -0.15) is 0 Å². The van der Waals surface area contributed by atoms with Gasteiger partial charge in [-0.05, 0) is 35.7 Å². The van der Waals surface area contributed by atoms with E-state index >= 15 is 0 Å². The van der Waals surface area contributed by atoms with Crippen molar-refractivity contribution in [2.45, 2.75) is 6.42 Å². The molecule has 0 bridgehead atoms. The number of hydrogen-bond acceptors (Lipinski definition) is 6. The van der Waals surface area contributed by atoms with Crippen LogP contribution in [0.25, 0.3) is 10.8 Å². The van der Waals surface area contributed by atoms with Crippen molar-refractivity contribution in [3.63, 3.8) is 0 Å². The molecule has 2 amide bonds. The number of nitrogens with one attached hydrogen (secondary N) is 1. The minimum atomic E-state index is -0.551. The smallest absolute Gasteiger partial charge is 0.322 e. The molecule has 1 atom stereocenters. The number of carbonyl (C=O) groups is 2. The van der Waals surface area contributed by atoms with Gasteiger partial charge in [0.25, 0.3) is 5.89 Å². The molecule has 0 saturated carbocycles. The standard InChI is InChI=1S/C17H13FN4O3S/c18-11-3-5-12(6-4-11)22-9-10(8-14(22)23)15(24)19-17-21-20-16(25-17)13-2-1-7-26-13/h1-7,10H,8-9H2,(H,19,21,24)/t10-/m0/s1. The molecule has 2 aromatic heterocycles. The van der Waals surface area contributed by atoms with Crippen LogP contribution in [0.15, 0.2) is 46.2 Å². The second-order valence-corrected chi connectivity index (χ2v) is 6.71. The van der Waals surface area contributed by atoms with E-state index in [1.807, 2.05) is 17.5 Å². The van der Waals surface area contributed by atoms with Gasteiger partial charge in [0.15, 0.2) is 0 Å². The first-order valence-corrected chi connectivity index (χ1v) is 8.72. The zero-order valence-electron chi connectivity index (χ0n) is 13.4. The van der Waals surface area contributed by atoms with Gasteiger partial charge < -0.3 is 9.32 Å². The third-order valence-electron chi connectivity index (χ3n) is 4.02. The van der Waals surface area contributed by atoms with Gasteiger partial charge in [0.1, 0.15) is 5.82 Å². The van der Waals surface area contributed by atoms with Crippen molar-refractivity contribution >= 4 is 34.9 Å². The van der Waals surface area contributed by atoms with Crippen LogP contribution in [0, 0.1) is 11.7 Å². The van der Waals surface area contributed by atoms with E-state index < -0.39 is 5.92 Å². The van der Waals surface area contributed by atoms with E-state index in [4.69, 9.17) is 4.42 Å². The normalized spacial score (nSPS) is 16.9. The summed E-state index contributed by atoms with van der Waals surface area (Å²) in [4.78, 5) is 26.9. The van der Waals surface area contributed by atoms with Gasteiger partial charge in [0.05, 0.1) is 10.8 Å². The van der Waals surface area contributed by atoms with Crippen LogP contribution in [0.4, 0.5) is 16.1 Å². The van der Waals surface area contributed by atoms with Crippen LogP contribution in [-0.4, -0.2) is 28.6 Å². The largest absolute Gasteiger partial charge is 0.402 e. The Labute approximate surface area is 151 Å². The van der Waals surface area contributed by atoms with E-state index in [2.05, 4.69) is 15.5 Å². The summed E-state index contributed by atoms with van der Waals surface area (Å²) >= 11 is 1.45. The summed E-state index contributed by atoms with van der Waals surface area (Å²) in [5.41, 5.74) is 0.560. The second kappa shape index (κ2) is 6.68. The number of nitrogens with zero attached hydrogens (tertiary/aromatic N) is 3. The Morgan fingerprint density at radius 1 is 1.27 bits per heavy atom. The number of halogens is 1. The average molecular weight is 372 g/mol. The topological polar surface area (TPSA) is 88.3 Å². The molecule has 1 saturated heterocycles. The zero-order chi connectivity index (χ0) is 18.1. The van der Waals surface area contributed by atoms with E-state index in [0.29, 0.717) is 11.6 Å². The molecule has 1 fully saturated rings. The van der Waals surface area contributed by atoms with Crippen molar-refractivity contribution in [3.8, 4) is 10.8 Å². The number of aromatic nitrogens is 2. The third kappa shape index (κ3) is 3.21. The Bertz CT molecular complexity index is 939. The van der Waals surface area contributed by atoms with Crippen LogP contribution in [0.3, 0.4) is 0 Å². The molecule has 1 aliphatic heterocycles. The number of thiophene rings is 1. The first-order valence-electron chi connectivity index (χ1n) is 7.84. The quantitative estimate of drug-likeness (QED) is 0.761. The Morgan fingerprint density at radius 2 is 2.08 bits per heavy atom. The molecular formula is C17H13FN4O3S. The summed E-state index contributed by atoms with van der Waals surface area (Å²) in [7, 11) is 0. The van der Waals surface area contributed by atoms with Crippen LogP contribution in [0.2, 0.25) is 0 Å². The monoisotopic (exact) mass is 372 g/mol. The van der Waals surface area contributed by atoms with E-state index in [0.717, 1.165) is 4.88 Å². The predicted octanol–water partition coefficient (Wildman–Crippen LogP) is 2.93. The fraction of sp³-hybridized carbons (Fsp3) is 0.176. The molecule has 0 spiro atoms. The highest BCUT2D eigenvalue weighted by molar-refractivity contribution is 7.13. The first-order chi connectivity index (χ1) is 12.6. The fourth-order valence-electron chi connectivity index (χ4n) is 2.73. The zero-order valence-corrected chi connectivity index (χ0v) is 14.2. The van der Waals surface area contributed by atoms with Crippen molar-refractivity contribution in [1.29, 1.82) is 0 Å². The molecule has 4 rings (SSSR count). The van der Waals surface area contributed by atoms with Gasteiger partial charge in [-0.1, -0.05) is 11.2 Å².